The summed E-state index contributed by atoms with van der Waals surface area (Å²) in [5.41, 5.74) is 8.86. The Balaban J connectivity index is 0.000000300. The predicted octanol–water partition coefficient (Wildman–Crippen LogP) is 4.35. The molecule has 0 aliphatic heterocycles. The van der Waals surface area contributed by atoms with Crippen LogP contribution in [0.5, 0.6) is 0 Å². The molecule has 0 saturated heterocycles. The second kappa shape index (κ2) is 14.7. The minimum Gasteiger partial charge on any atom is -0.383 e. The molecule has 3 N–H and O–H groups in total. The number of allylic oxidation sites excluding steroid dienone is 1. The molecule has 2 aromatic heterocycles. The molecule has 2 heterocycles. The Morgan fingerprint density at radius 2 is 1.91 bits per heavy atom. The second-order valence-electron chi connectivity index (χ2n) is 8.41. The molecule has 0 aliphatic rings. The van der Waals surface area contributed by atoms with Crippen LogP contribution in [-0.2, 0) is 16.8 Å². The van der Waals surface area contributed by atoms with Crippen LogP contribution < -0.4 is 11.1 Å². The van der Waals surface area contributed by atoms with E-state index in [2.05, 4.69) is 65.2 Å². The third kappa shape index (κ3) is 8.86. The maximum atomic E-state index is 10.00. The summed E-state index contributed by atoms with van der Waals surface area (Å²) in [6.07, 6.45) is 8.23. The van der Waals surface area contributed by atoms with Crippen LogP contribution in [0.15, 0.2) is 53.9 Å². The molecule has 3 rings (SSSR count). The third-order valence-corrected chi connectivity index (χ3v) is 4.86. The number of aldehydes is 1. The molecule has 3 aromatic rings. The fourth-order valence-electron chi connectivity index (χ4n) is 3.07. The topological polar surface area (TPSA) is 111 Å². The molecular formula is C26H39N7O. The number of hydrogen-bond donors (Lipinski definition) is 2. The quantitative estimate of drug-likeness (QED) is 0.396. The molecule has 0 aliphatic carbocycles. The number of carbonyl (C=O) groups is 1. The molecule has 1 aromatic carbocycles. The molecule has 34 heavy (non-hydrogen) atoms. The van der Waals surface area contributed by atoms with E-state index >= 15 is 0 Å². The van der Waals surface area contributed by atoms with Crippen LogP contribution in [0, 0.1) is 12.8 Å². The molecule has 0 radical (unpaired) electrons. The Kier molecular flexibility index (Phi) is 12.4. The minimum atomic E-state index is -0.165. The Morgan fingerprint density at radius 1 is 1.24 bits per heavy atom. The Morgan fingerprint density at radius 3 is 2.41 bits per heavy atom. The van der Waals surface area contributed by atoms with Crippen LogP contribution in [0.25, 0.3) is 11.0 Å². The lowest BCUT2D eigenvalue weighted by molar-refractivity contribution is -0.109. The van der Waals surface area contributed by atoms with Crippen molar-refractivity contribution in [3.63, 3.8) is 0 Å². The molecule has 0 fully saturated rings. The summed E-state index contributed by atoms with van der Waals surface area (Å²) in [6.45, 7) is 12.8. The van der Waals surface area contributed by atoms with Crippen LogP contribution in [-0.4, -0.2) is 45.8 Å². The summed E-state index contributed by atoms with van der Waals surface area (Å²) >= 11 is 0. The van der Waals surface area contributed by atoms with Crippen molar-refractivity contribution >= 4 is 29.4 Å². The molecule has 1 atom stereocenters. The SMILES string of the molecule is CC=N/C=C\C(C)C=O.CCc1nn(C(C)(C)CNC)c2ncnc(N)c12.Cc1ccccc1. The van der Waals surface area contributed by atoms with E-state index in [1.165, 1.54) is 11.9 Å². The molecule has 8 nitrogen and oxygen atoms in total. The van der Waals surface area contributed by atoms with Crippen molar-refractivity contribution in [3.05, 3.63) is 60.2 Å². The number of nitrogen functional groups attached to an aromatic ring is 1. The van der Waals surface area contributed by atoms with E-state index in [1.54, 1.807) is 18.5 Å². The highest BCUT2D eigenvalue weighted by atomic mass is 16.1. The van der Waals surface area contributed by atoms with Crippen molar-refractivity contribution in [2.24, 2.45) is 10.9 Å². The normalized spacial score (nSPS) is 12.2. The van der Waals surface area contributed by atoms with Gasteiger partial charge < -0.3 is 15.8 Å². The van der Waals surface area contributed by atoms with E-state index in [1.807, 2.05) is 43.8 Å². The lowest BCUT2D eigenvalue weighted by Crippen LogP contribution is -2.37. The van der Waals surface area contributed by atoms with Gasteiger partial charge in [0.2, 0.25) is 0 Å². The van der Waals surface area contributed by atoms with Crippen LogP contribution in [0.2, 0.25) is 0 Å². The molecule has 1 unspecified atom stereocenters. The Bertz CT molecular complexity index is 1060. The number of hydrogen-bond acceptors (Lipinski definition) is 7. The van der Waals surface area contributed by atoms with Crippen molar-refractivity contribution in [2.45, 2.75) is 53.5 Å². The van der Waals surface area contributed by atoms with Crippen molar-refractivity contribution < 1.29 is 4.79 Å². The number of carbonyl (C=O) groups excluding carboxylic acids is 1. The number of fused-ring (bicyclic) bond motifs is 1. The summed E-state index contributed by atoms with van der Waals surface area (Å²) in [4.78, 5) is 22.2. The zero-order valence-electron chi connectivity index (χ0n) is 21.5. The van der Waals surface area contributed by atoms with Crippen molar-refractivity contribution in [1.29, 1.82) is 0 Å². The number of aryl methyl sites for hydroxylation is 2. The van der Waals surface area contributed by atoms with E-state index < -0.39 is 0 Å². The maximum absolute atomic E-state index is 10.00. The lowest BCUT2D eigenvalue weighted by atomic mass is 10.1. The molecular weight excluding hydrogens is 426 g/mol. The van der Waals surface area contributed by atoms with Crippen LogP contribution in [0.4, 0.5) is 5.82 Å². The highest BCUT2D eigenvalue weighted by Gasteiger charge is 2.25. The Labute approximate surface area is 203 Å². The fraction of sp³-hybridized carbons (Fsp3) is 0.423. The number of nitrogens with one attached hydrogen (secondary N) is 1. The zero-order valence-corrected chi connectivity index (χ0v) is 21.5. The largest absolute Gasteiger partial charge is 0.383 e. The van der Waals surface area contributed by atoms with Gasteiger partial charge in [-0.1, -0.05) is 55.8 Å². The first-order chi connectivity index (χ1) is 16.2. The molecule has 0 saturated carbocycles. The van der Waals surface area contributed by atoms with Crippen LogP contribution in [0.3, 0.4) is 0 Å². The van der Waals surface area contributed by atoms with Crippen molar-refractivity contribution in [1.82, 2.24) is 25.1 Å². The van der Waals surface area contributed by atoms with Gasteiger partial charge in [0.25, 0.3) is 0 Å². The van der Waals surface area contributed by atoms with Gasteiger partial charge >= 0.3 is 0 Å². The molecule has 0 amide bonds. The molecule has 184 valence electrons. The van der Waals surface area contributed by atoms with Crippen molar-refractivity contribution in [3.8, 4) is 0 Å². The van der Waals surface area contributed by atoms with Gasteiger partial charge in [-0.2, -0.15) is 5.10 Å². The standard InChI is InChI=1S/C12H20N6.C7H11NO.C7H8/c1-5-8-9-10(13)15-7-16-11(9)18(17-8)12(2,3)6-14-4;1-3-8-5-4-7(2)6-9;1-7-5-3-2-4-6-7/h7,14H,5-6H2,1-4H3,(H2,13,15,16);3-7H,1-2H3;2-6H,1H3/b;5-4-,8-3?;. The van der Waals surface area contributed by atoms with Gasteiger partial charge in [0.05, 0.1) is 16.6 Å². The summed E-state index contributed by atoms with van der Waals surface area (Å²) < 4.78 is 1.94. The van der Waals surface area contributed by atoms with Crippen molar-refractivity contribution in [2.75, 3.05) is 19.3 Å². The number of rotatable bonds is 7. The Hall–Kier alpha value is -3.39. The number of aromatic nitrogens is 4. The monoisotopic (exact) mass is 465 g/mol. The number of nitrogens with zero attached hydrogens (tertiary/aromatic N) is 5. The second-order valence-corrected chi connectivity index (χ2v) is 8.41. The van der Waals surface area contributed by atoms with Crippen LogP contribution in [0.1, 0.15) is 45.9 Å². The summed E-state index contributed by atoms with van der Waals surface area (Å²) in [5, 5.41) is 8.71. The zero-order chi connectivity index (χ0) is 25.6. The number of aliphatic imine (C=N–C) groups is 1. The first-order valence-corrected chi connectivity index (χ1v) is 11.5. The highest BCUT2D eigenvalue weighted by Crippen LogP contribution is 2.26. The van der Waals surface area contributed by atoms with E-state index in [-0.39, 0.29) is 11.5 Å². The van der Waals surface area contributed by atoms with Gasteiger partial charge in [-0.25, -0.2) is 14.6 Å². The fourth-order valence-corrected chi connectivity index (χ4v) is 3.07. The highest BCUT2D eigenvalue weighted by molar-refractivity contribution is 5.88. The number of benzene rings is 1. The number of likely N-dealkylation sites (N-methyl/N-ethyl adjacent to an activating group) is 1. The third-order valence-electron chi connectivity index (χ3n) is 4.86. The maximum Gasteiger partial charge on any atom is 0.164 e. The van der Waals surface area contributed by atoms with Gasteiger partial charge in [-0.05, 0) is 41.2 Å². The molecule has 8 heteroatoms. The molecule has 0 bridgehead atoms. The van der Waals surface area contributed by atoms with Crippen LogP contribution >= 0.6 is 0 Å². The minimum absolute atomic E-state index is 0.0197. The smallest absolute Gasteiger partial charge is 0.164 e. The first kappa shape index (κ1) is 28.6. The average Bonchev–Trinajstić information content (AvgIpc) is 3.22. The van der Waals surface area contributed by atoms with Gasteiger partial charge in [0.1, 0.15) is 18.4 Å². The van der Waals surface area contributed by atoms with E-state index in [4.69, 9.17) is 5.73 Å². The lowest BCUT2D eigenvalue weighted by Gasteiger charge is -2.25. The van der Waals surface area contributed by atoms with Gasteiger partial charge in [0, 0.05) is 24.9 Å². The molecule has 0 spiro atoms. The van der Waals surface area contributed by atoms with E-state index in [9.17, 15) is 4.79 Å². The van der Waals surface area contributed by atoms with E-state index in [0.29, 0.717) is 5.82 Å². The van der Waals surface area contributed by atoms with Gasteiger partial charge in [-0.15, -0.1) is 0 Å². The van der Waals surface area contributed by atoms with E-state index in [0.717, 1.165) is 36.0 Å². The van der Waals surface area contributed by atoms with Gasteiger partial charge in [0.15, 0.2) is 5.65 Å². The summed E-state index contributed by atoms with van der Waals surface area (Å²) in [6, 6.07) is 10.3. The number of nitrogens with two attached hydrogens (primary N) is 1. The average molecular weight is 466 g/mol. The first-order valence-electron chi connectivity index (χ1n) is 11.5. The summed E-state index contributed by atoms with van der Waals surface area (Å²) in [7, 11) is 1.93. The van der Waals surface area contributed by atoms with Gasteiger partial charge in [-0.3, -0.25) is 4.99 Å². The summed E-state index contributed by atoms with van der Waals surface area (Å²) in [5.74, 6) is 0.483. The number of anilines is 1. The predicted molar refractivity (Wildman–Crippen MR) is 142 cm³/mol.